The summed E-state index contributed by atoms with van der Waals surface area (Å²) in [7, 11) is 0. The lowest BCUT2D eigenvalue weighted by atomic mass is 10.0. The molecule has 0 bridgehead atoms. The second-order valence-corrected chi connectivity index (χ2v) is 10.0. The number of H-pyrrole nitrogens is 1. The number of halogens is 1. The summed E-state index contributed by atoms with van der Waals surface area (Å²) in [6.07, 6.45) is 3.38. The van der Waals surface area contributed by atoms with Gasteiger partial charge in [0.15, 0.2) is 5.65 Å². The fraction of sp³-hybridized carbons (Fsp3) is 0.292. The highest BCUT2D eigenvalue weighted by atomic mass is 32.1. The second kappa shape index (κ2) is 7.00. The Labute approximate surface area is 198 Å². The highest BCUT2D eigenvalue weighted by molar-refractivity contribution is 7.09. The molecule has 1 aromatic carbocycles. The first-order chi connectivity index (χ1) is 16.6. The quantitative estimate of drug-likeness (QED) is 0.412. The maximum Gasteiger partial charge on any atom is 0.177 e. The van der Waals surface area contributed by atoms with Crippen LogP contribution in [0.3, 0.4) is 0 Å². The molecule has 170 valence electrons. The van der Waals surface area contributed by atoms with E-state index in [1.807, 2.05) is 13.0 Å². The predicted molar refractivity (Wildman–Crippen MR) is 129 cm³/mol. The number of fused-ring (bicyclic) bond motifs is 3. The summed E-state index contributed by atoms with van der Waals surface area (Å²) < 4.78 is 14.2. The summed E-state index contributed by atoms with van der Waals surface area (Å²) in [4.78, 5) is 20.7. The monoisotopic (exact) mass is 472 g/mol. The van der Waals surface area contributed by atoms with Gasteiger partial charge in [0.25, 0.3) is 0 Å². The van der Waals surface area contributed by atoms with Crippen LogP contribution in [0.2, 0.25) is 0 Å². The molecule has 5 aromatic rings. The number of nitrogens with one attached hydrogen (secondary N) is 1. The number of rotatable bonds is 4. The SMILES string of the molecule is Cc1csc(C2(CN)[C@@H]3CN(c4cnc5c(-c6ccc(F)c7ncccc67)n[nH]c5n4)C[C@@H]32)n1. The maximum atomic E-state index is 14.2. The van der Waals surface area contributed by atoms with E-state index in [2.05, 4.69) is 25.5 Å². The number of nitrogens with zero attached hydrogens (tertiary/aromatic N) is 6. The predicted octanol–water partition coefficient (Wildman–Crippen LogP) is 3.43. The Morgan fingerprint density at radius 2 is 2.03 bits per heavy atom. The van der Waals surface area contributed by atoms with Crippen molar-refractivity contribution in [1.82, 2.24) is 30.1 Å². The van der Waals surface area contributed by atoms with E-state index in [0.717, 1.165) is 30.2 Å². The van der Waals surface area contributed by atoms with Gasteiger partial charge in [-0.2, -0.15) is 5.10 Å². The topological polar surface area (TPSA) is 110 Å². The molecular weight excluding hydrogens is 451 g/mol. The van der Waals surface area contributed by atoms with Crippen molar-refractivity contribution >= 4 is 39.2 Å². The van der Waals surface area contributed by atoms with Crippen LogP contribution in [0.15, 0.2) is 42.0 Å². The average molecular weight is 473 g/mol. The van der Waals surface area contributed by atoms with E-state index in [0.29, 0.717) is 46.1 Å². The lowest BCUT2D eigenvalue weighted by molar-refractivity contribution is 0.549. The van der Waals surface area contributed by atoms with Crippen LogP contribution < -0.4 is 10.6 Å². The molecule has 5 heterocycles. The summed E-state index contributed by atoms with van der Waals surface area (Å²) in [5.41, 5.74) is 10.3. The van der Waals surface area contributed by atoms with E-state index < -0.39 is 0 Å². The van der Waals surface area contributed by atoms with Crippen molar-refractivity contribution in [2.24, 2.45) is 17.6 Å². The third-order valence-corrected chi connectivity index (χ3v) is 8.60. The van der Waals surface area contributed by atoms with Crippen molar-refractivity contribution in [2.45, 2.75) is 12.3 Å². The lowest BCUT2D eigenvalue weighted by Gasteiger charge is -2.25. The van der Waals surface area contributed by atoms with Crippen LogP contribution in [0.25, 0.3) is 33.3 Å². The van der Waals surface area contributed by atoms with Gasteiger partial charge in [0.2, 0.25) is 0 Å². The van der Waals surface area contributed by atoms with Gasteiger partial charge < -0.3 is 10.6 Å². The first-order valence-corrected chi connectivity index (χ1v) is 12.1. The van der Waals surface area contributed by atoms with Gasteiger partial charge in [-0.15, -0.1) is 11.3 Å². The Bertz CT molecular complexity index is 1560. The van der Waals surface area contributed by atoms with Crippen molar-refractivity contribution in [3.63, 3.8) is 0 Å². The molecule has 8 nitrogen and oxygen atoms in total. The largest absolute Gasteiger partial charge is 0.355 e. The minimum atomic E-state index is -0.360. The zero-order valence-electron chi connectivity index (χ0n) is 18.4. The fourth-order valence-electron chi connectivity index (χ4n) is 5.67. The Balaban J connectivity index is 1.20. The number of nitrogens with two attached hydrogens (primary N) is 1. The Kier molecular flexibility index (Phi) is 4.10. The molecule has 1 saturated heterocycles. The van der Waals surface area contributed by atoms with Crippen molar-refractivity contribution in [2.75, 3.05) is 24.5 Å². The smallest absolute Gasteiger partial charge is 0.177 e. The molecule has 2 aliphatic rings. The van der Waals surface area contributed by atoms with Crippen LogP contribution in [0, 0.1) is 24.6 Å². The molecule has 1 aliphatic carbocycles. The summed E-state index contributed by atoms with van der Waals surface area (Å²) >= 11 is 1.72. The van der Waals surface area contributed by atoms with Crippen molar-refractivity contribution < 1.29 is 4.39 Å². The van der Waals surface area contributed by atoms with Crippen LogP contribution in [0.5, 0.6) is 0 Å². The van der Waals surface area contributed by atoms with Crippen molar-refractivity contribution in [1.29, 1.82) is 0 Å². The number of aromatic nitrogens is 6. The second-order valence-electron chi connectivity index (χ2n) is 9.15. The van der Waals surface area contributed by atoms with E-state index in [-0.39, 0.29) is 11.2 Å². The van der Waals surface area contributed by atoms with Crippen LogP contribution >= 0.6 is 11.3 Å². The zero-order chi connectivity index (χ0) is 23.0. The number of anilines is 1. The molecule has 34 heavy (non-hydrogen) atoms. The van der Waals surface area contributed by atoms with Crippen LogP contribution in [0.1, 0.15) is 10.7 Å². The van der Waals surface area contributed by atoms with E-state index in [1.165, 1.54) is 11.1 Å². The molecule has 0 amide bonds. The third kappa shape index (κ3) is 2.63. The number of aryl methyl sites for hydroxylation is 1. The molecule has 7 rings (SSSR count). The number of benzene rings is 1. The van der Waals surface area contributed by atoms with Gasteiger partial charge in [-0.3, -0.25) is 10.1 Å². The zero-order valence-corrected chi connectivity index (χ0v) is 19.2. The molecular formula is C24H21FN8S. The average Bonchev–Trinajstić information content (AvgIpc) is 3.35. The molecule has 1 saturated carbocycles. The highest BCUT2D eigenvalue weighted by Crippen LogP contribution is 2.63. The fourth-order valence-corrected chi connectivity index (χ4v) is 6.81. The van der Waals surface area contributed by atoms with Gasteiger partial charge in [0.05, 0.1) is 6.20 Å². The molecule has 4 aromatic heterocycles. The molecule has 1 unspecified atom stereocenters. The number of hydrogen-bond donors (Lipinski definition) is 2. The minimum absolute atomic E-state index is 0.00574. The maximum absolute atomic E-state index is 14.2. The Morgan fingerprint density at radius 3 is 2.79 bits per heavy atom. The highest BCUT2D eigenvalue weighted by Gasteiger charge is 2.69. The first kappa shape index (κ1) is 19.9. The Hall–Kier alpha value is -3.50. The molecule has 0 spiro atoms. The molecule has 3 N–H and O–H groups in total. The molecule has 10 heteroatoms. The lowest BCUT2D eigenvalue weighted by Crippen LogP contribution is -2.35. The number of piperidine rings is 1. The number of hydrogen-bond acceptors (Lipinski definition) is 8. The van der Waals surface area contributed by atoms with Gasteiger partial charge in [0, 0.05) is 53.3 Å². The minimum Gasteiger partial charge on any atom is -0.355 e. The number of thiazole rings is 1. The standard InChI is InChI=1S/C24H21FN8S/c1-12-10-34-23(29-12)24(11-26)15-8-33(9-16(15)24)18-7-28-21-20(31-32-22(21)30-18)14-4-5-17(25)19-13(14)3-2-6-27-19/h2-7,10,15-16H,8-9,11,26H2,1H3,(H,30,31,32)/t15-,16+,24?. The van der Waals surface area contributed by atoms with E-state index in [9.17, 15) is 4.39 Å². The number of aromatic amines is 1. The van der Waals surface area contributed by atoms with Crippen molar-refractivity contribution in [3.8, 4) is 11.3 Å². The Morgan fingerprint density at radius 1 is 1.18 bits per heavy atom. The van der Waals surface area contributed by atoms with Gasteiger partial charge in [-0.25, -0.2) is 19.3 Å². The summed E-state index contributed by atoms with van der Waals surface area (Å²) in [5, 5.41) is 11.5. The first-order valence-electron chi connectivity index (χ1n) is 11.2. The normalized spacial score (nSPS) is 23.7. The van der Waals surface area contributed by atoms with Crippen LogP contribution in [0.4, 0.5) is 10.2 Å². The summed E-state index contributed by atoms with van der Waals surface area (Å²) in [6.45, 7) is 4.42. The van der Waals surface area contributed by atoms with Crippen LogP contribution in [-0.2, 0) is 5.41 Å². The van der Waals surface area contributed by atoms with Gasteiger partial charge >= 0.3 is 0 Å². The summed E-state index contributed by atoms with van der Waals surface area (Å²) in [6, 6.07) is 6.76. The van der Waals surface area contributed by atoms with Gasteiger partial charge in [0.1, 0.15) is 33.4 Å². The number of pyridine rings is 1. The van der Waals surface area contributed by atoms with Gasteiger partial charge in [-0.1, -0.05) is 6.07 Å². The van der Waals surface area contributed by atoms with E-state index >= 15 is 0 Å². The molecule has 1 aliphatic heterocycles. The van der Waals surface area contributed by atoms with Crippen molar-refractivity contribution in [3.05, 3.63) is 58.6 Å². The van der Waals surface area contributed by atoms with Crippen LogP contribution in [-0.4, -0.2) is 49.8 Å². The third-order valence-electron chi connectivity index (χ3n) is 7.45. The molecule has 3 atom stereocenters. The van der Waals surface area contributed by atoms with Gasteiger partial charge in [-0.05, 0) is 37.0 Å². The molecule has 0 radical (unpaired) electrons. The summed E-state index contributed by atoms with van der Waals surface area (Å²) in [5.74, 6) is 1.43. The van der Waals surface area contributed by atoms with E-state index in [1.54, 1.807) is 35.9 Å². The molecule has 2 fully saturated rings. The van der Waals surface area contributed by atoms with E-state index in [4.69, 9.17) is 20.7 Å².